The van der Waals surface area contributed by atoms with Gasteiger partial charge in [0.1, 0.15) is 6.04 Å². The Bertz CT molecular complexity index is 601. The molecule has 7 heteroatoms. The minimum absolute atomic E-state index is 0.173. The fourth-order valence-corrected chi connectivity index (χ4v) is 4.26. The Balaban J connectivity index is 2.22. The Labute approximate surface area is 119 Å². The van der Waals surface area contributed by atoms with Gasteiger partial charge in [0.2, 0.25) is 15.9 Å². The SMILES string of the molecule is CNC(=O)C1CCCN1S(=O)(=O)Cc1ccccc1N. The number of carbonyl (C=O) groups excluding carboxylic acids is 1. The van der Waals surface area contributed by atoms with Crippen molar-refractivity contribution in [1.29, 1.82) is 0 Å². The van der Waals surface area contributed by atoms with Gasteiger partial charge in [0.15, 0.2) is 0 Å². The van der Waals surface area contributed by atoms with Gasteiger partial charge in [0.05, 0.1) is 5.75 Å². The van der Waals surface area contributed by atoms with E-state index in [1.165, 1.54) is 11.4 Å². The molecule has 6 nitrogen and oxygen atoms in total. The number of carbonyl (C=O) groups is 1. The minimum Gasteiger partial charge on any atom is -0.398 e. The second-order valence-corrected chi connectivity index (χ2v) is 6.76. The summed E-state index contributed by atoms with van der Waals surface area (Å²) in [6.07, 6.45) is 1.25. The normalized spacial score (nSPS) is 19.9. The standard InChI is InChI=1S/C13H19N3O3S/c1-15-13(17)12-7-4-8-16(12)20(18,19)9-10-5-2-3-6-11(10)14/h2-3,5-6,12H,4,7-9,14H2,1H3,(H,15,17). The Morgan fingerprint density at radius 1 is 1.45 bits per heavy atom. The highest BCUT2D eigenvalue weighted by Crippen LogP contribution is 2.25. The van der Waals surface area contributed by atoms with E-state index in [9.17, 15) is 13.2 Å². The predicted octanol–water partition coefficient (Wildman–Crippen LogP) is 0.309. The average molecular weight is 297 g/mol. The zero-order chi connectivity index (χ0) is 14.8. The predicted molar refractivity (Wildman–Crippen MR) is 77.3 cm³/mol. The molecule has 1 amide bonds. The first-order valence-corrected chi connectivity index (χ1v) is 8.11. The topological polar surface area (TPSA) is 92.5 Å². The van der Waals surface area contributed by atoms with Crippen molar-refractivity contribution in [2.75, 3.05) is 19.3 Å². The van der Waals surface area contributed by atoms with Gasteiger partial charge in [0.25, 0.3) is 0 Å². The van der Waals surface area contributed by atoms with E-state index in [1.807, 2.05) is 0 Å². The number of para-hydroxylation sites is 1. The summed E-state index contributed by atoms with van der Waals surface area (Å²) in [7, 11) is -2.03. The molecule has 1 unspecified atom stereocenters. The van der Waals surface area contributed by atoms with Crippen molar-refractivity contribution in [2.45, 2.75) is 24.6 Å². The Morgan fingerprint density at radius 2 is 2.15 bits per heavy atom. The molecule has 1 saturated heterocycles. The summed E-state index contributed by atoms with van der Waals surface area (Å²) >= 11 is 0. The lowest BCUT2D eigenvalue weighted by atomic mass is 10.2. The first-order chi connectivity index (χ1) is 9.45. The van der Waals surface area contributed by atoms with Gasteiger partial charge in [-0.3, -0.25) is 4.79 Å². The summed E-state index contributed by atoms with van der Waals surface area (Å²) in [6.45, 7) is 0.382. The lowest BCUT2D eigenvalue weighted by Crippen LogP contribution is -2.45. The summed E-state index contributed by atoms with van der Waals surface area (Å²) in [6, 6.07) is 6.27. The lowest BCUT2D eigenvalue weighted by molar-refractivity contribution is -0.123. The van der Waals surface area contributed by atoms with E-state index >= 15 is 0 Å². The molecule has 1 aliphatic rings. The molecule has 20 heavy (non-hydrogen) atoms. The summed E-state index contributed by atoms with van der Waals surface area (Å²) in [5.74, 6) is -0.431. The van der Waals surface area contributed by atoms with E-state index in [2.05, 4.69) is 5.32 Å². The van der Waals surface area contributed by atoms with Crippen molar-refractivity contribution in [3.63, 3.8) is 0 Å². The highest BCUT2D eigenvalue weighted by Gasteiger charge is 2.38. The number of nitrogens with two attached hydrogens (primary N) is 1. The number of hydrogen-bond donors (Lipinski definition) is 2. The molecule has 1 heterocycles. The van der Waals surface area contributed by atoms with Crippen LogP contribution in [0.1, 0.15) is 18.4 Å². The number of hydrogen-bond acceptors (Lipinski definition) is 4. The maximum absolute atomic E-state index is 12.5. The Kier molecular flexibility index (Phi) is 4.29. The molecule has 0 bridgehead atoms. The first kappa shape index (κ1) is 14.8. The third-order valence-electron chi connectivity index (χ3n) is 3.50. The molecule has 2 rings (SSSR count). The summed E-state index contributed by atoms with van der Waals surface area (Å²) in [4.78, 5) is 11.7. The van der Waals surface area contributed by atoms with Crippen LogP contribution in [0.4, 0.5) is 5.69 Å². The zero-order valence-electron chi connectivity index (χ0n) is 11.4. The number of rotatable bonds is 4. The Morgan fingerprint density at radius 3 is 2.80 bits per heavy atom. The fourth-order valence-electron chi connectivity index (χ4n) is 2.45. The maximum atomic E-state index is 12.5. The quantitative estimate of drug-likeness (QED) is 0.782. The summed E-state index contributed by atoms with van der Waals surface area (Å²) < 4.78 is 26.2. The number of nitrogens with one attached hydrogen (secondary N) is 1. The number of likely N-dealkylation sites (N-methyl/N-ethyl adjacent to an activating group) is 1. The molecule has 1 fully saturated rings. The van der Waals surface area contributed by atoms with Crippen molar-refractivity contribution in [3.8, 4) is 0 Å². The number of nitrogen functional groups attached to an aromatic ring is 1. The van der Waals surface area contributed by atoms with Crippen LogP contribution < -0.4 is 11.1 Å². The average Bonchev–Trinajstić information content (AvgIpc) is 2.90. The van der Waals surface area contributed by atoms with Gasteiger partial charge in [-0.1, -0.05) is 18.2 Å². The molecule has 110 valence electrons. The molecule has 0 aliphatic carbocycles. The molecule has 1 aliphatic heterocycles. The van der Waals surface area contributed by atoms with Crippen LogP contribution in [0.3, 0.4) is 0 Å². The van der Waals surface area contributed by atoms with Crippen molar-refractivity contribution in [1.82, 2.24) is 9.62 Å². The second kappa shape index (κ2) is 5.80. The van der Waals surface area contributed by atoms with Crippen molar-refractivity contribution >= 4 is 21.6 Å². The number of sulfonamides is 1. The van der Waals surface area contributed by atoms with E-state index in [-0.39, 0.29) is 11.7 Å². The van der Waals surface area contributed by atoms with Crippen LogP contribution in [-0.2, 0) is 20.6 Å². The molecule has 1 aromatic rings. The molecule has 0 saturated carbocycles. The van der Waals surface area contributed by atoms with Gasteiger partial charge in [-0.25, -0.2) is 8.42 Å². The van der Waals surface area contributed by atoms with Crippen LogP contribution in [0.25, 0.3) is 0 Å². The van der Waals surface area contributed by atoms with Crippen LogP contribution >= 0.6 is 0 Å². The smallest absolute Gasteiger partial charge is 0.238 e. The minimum atomic E-state index is -3.55. The van der Waals surface area contributed by atoms with Crippen molar-refractivity contribution in [3.05, 3.63) is 29.8 Å². The number of nitrogens with zero attached hydrogens (tertiary/aromatic N) is 1. The van der Waals surface area contributed by atoms with Gasteiger partial charge in [-0.05, 0) is 24.5 Å². The van der Waals surface area contributed by atoms with E-state index in [4.69, 9.17) is 5.73 Å². The largest absolute Gasteiger partial charge is 0.398 e. The van der Waals surface area contributed by atoms with Crippen molar-refractivity contribution in [2.24, 2.45) is 0 Å². The highest BCUT2D eigenvalue weighted by molar-refractivity contribution is 7.88. The van der Waals surface area contributed by atoms with E-state index in [0.717, 1.165) is 0 Å². The number of benzene rings is 1. The van der Waals surface area contributed by atoms with Crippen LogP contribution in [0, 0.1) is 0 Å². The molecule has 1 atom stereocenters. The van der Waals surface area contributed by atoms with Crippen LogP contribution in [0.15, 0.2) is 24.3 Å². The van der Waals surface area contributed by atoms with Gasteiger partial charge < -0.3 is 11.1 Å². The van der Waals surface area contributed by atoms with E-state index in [1.54, 1.807) is 24.3 Å². The van der Waals surface area contributed by atoms with Crippen LogP contribution in [0.5, 0.6) is 0 Å². The first-order valence-electron chi connectivity index (χ1n) is 6.50. The van der Waals surface area contributed by atoms with Gasteiger partial charge in [0, 0.05) is 19.3 Å². The third kappa shape index (κ3) is 2.94. The third-order valence-corrected chi connectivity index (χ3v) is 5.33. The summed E-state index contributed by atoms with van der Waals surface area (Å²) in [5, 5.41) is 2.51. The molecular weight excluding hydrogens is 278 g/mol. The van der Waals surface area contributed by atoms with Crippen LogP contribution in [0.2, 0.25) is 0 Å². The molecule has 0 spiro atoms. The molecule has 1 aromatic carbocycles. The van der Waals surface area contributed by atoms with Crippen LogP contribution in [-0.4, -0.2) is 38.3 Å². The molecule has 0 aromatic heterocycles. The molecule has 0 radical (unpaired) electrons. The van der Waals surface area contributed by atoms with Gasteiger partial charge >= 0.3 is 0 Å². The van der Waals surface area contributed by atoms with E-state index < -0.39 is 16.1 Å². The monoisotopic (exact) mass is 297 g/mol. The maximum Gasteiger partial charge on any atom is 0.238 e. The highest BCUT2D eigenvalue weighted by atomic mass is 32.2. The second-order valence-electron chi connectivity index (χ2n) is 4.84. The molecular formula is C13H19N3O3S. The lowest BCUT2D eigenvalue weighted by Gasteiger charge is -2.23. The number of amides is 1. The molecule has 3 N–H and O–H groups in total. The summed E-state index contributed by atoms with van der Waals surface area (Å²) in [5.41, 5.74) is 6.80. The zero-order valence-corrected chi connectivity index (χ0v) is 12.2. The van der Waals surface area contributed by atoms with Gasteiger partial charge in [-0.2, -0.15) is 4.31 Å². The fraction of sp³-hybridized carbons (Fsp3) is 0.462. The van der Waals surface area contributed by atoms with E-state index in [0.29, 0.717) is 30.6 Å². The van der Waals surface area contributed by atoms with Gasteiger partial charge in [-0.15, -0.1) is 0 Å². The number of anilines is 1. The Hall–Kier alpha value is -1.60. The van der Waals surface area contributed by atoms with Crippen molar-refractivity contribution < 1.29 is 13.2 Å².